The van der Waals surface area contributed by atoms with E-state index in [1.807, 2.05) is 0 Å². The molecule has 2 N–H and O–H groups in total. The van der Waals surface area contributed by atoms with Gasteiger partial charge in [-0.05, 0) is 30.3 Å². The predicted octanol–water partition coefficient (Wildman–Crippen LogP) is 2.15. The number of carbonyl (C=O) groups excluding carboxylic acids is 2. The van der Waals surface area contributed by atoms with Crippen LogP contribution in [0.5, 0.6) is 0 Å². The zero-order valence-corrected chi connectivity index (χ0v) is 15.3. The largest absolute Gasteiger partial charge is 0.440 e. The second-order valence-corrected chi connectivity index (χ2v) is 7.79. The first-order valence-electron chi connectivity index (χ1n) is 7.00. The molecule has 0 aliphatic heterocycles. The Balaban J connectivity index is 1.82. The molecule has 0 radical (unpaired) electrons. The average Bonchev–Trinajstić information content (AvgIpc) is 3.04. The second-order valence-electron chi connectivity index (χ2n) is 5.03. The number of carbonyl (C=O) groups is 2. The van der Waals surface area contributed by atoms with Crippen LogP contribution >= 0.6 is 23.2 Å². The number of sulfone groups is 1. The van der Waals surface area contributed by atoms with E-state index in [0.29, 0.717) is 10.6 Å². The first-order chi connectivity index (χ1) is 11.7. The Bertz CT molecular complexity index is 908. The lowest BCUT2D eigenvalue weighted by Gasteiger charge is -2.07. The molecule has 25 heavy (non-hydrogen) atoms. The van der Waals surface area contributed by atoms with Crippen molar-refractivity contribution < 1.29 is 22.4 Å². The average molecular weight is 405 g/mol. The van der Waals surface area contributed by atoms with Gasteiger partial charge in [0, 0.05) is 24.9 Å². The van der Waals surface area contributed by atoms with Gasteiger partial charge in [-0.15, -0.1) is 0 Å². The second kappa shape index (κ2) is 7.90. The van der Waals surface area contributed by atoms with Crippen molar-refractivity contribution >= 4 is 44.9 Å². The fourth-order valence-electron chi connectivity index (χ4n) is 1.82. The monoisotopic (exact) mass is 404 g/mol. The summed E-state index contributed by atoms with van der Waals surface area (Å²) in [5.74, 6) is -1.08. The van der Waals surface area contributed by atoms with E-state index in [2.05, 4.69) is 10.6 Å². The number of hydrogen-bond acceptors (Lipinski definition) is 5. The minimum Gasteiger partial charge on any atom is -0.440 e. The quantitative estimate of drug-likeness (QED) is 0.717. The van der Waals surface area contributed by atoms with Crippen LogP contribution in [0.15, 0.2) is 39.8 Å². The molecule has 134 valence electrons. The van der Waals surface area contributed by atoms with E-state index in [0.717, 1.165) is 6.26 Å². The molecule has 0 bridgehead atoms. The molecular formula is C15H14Cl2N2O5S. The lowest BCUT2D eigenvalue weighted by atomic mass is 10.2. The highest BCUT2D eigenvalue weighted by Gasteiger charge is 2.16. The van der Waals surface area contributed by atoms with Gasteiger partial charge in [0.1, 0.15) is 0 Å². The summed E-state index contributed by atoms with van der Waals surface area (Å²) in [6.07, 6.45) is 0.978. The van der Waals surface area contributed by atoms with Crippen molar-refractivity contribution in [2.45, 2.75) is 5.09 Å². The lowest BCUT2D eigenvalue weighted by molar-refractivity contribution is 0.0906. The van der Waals surface area contributed by atoms with Crippen LogP contribution in [-0.4, -0.2) is 39.6 Å². The van der Waals surface area contributed by atoms with E-state index >= 15 is 0 Å². The van der Waals surface area contributed by atoms with Gasteiger partial charge in [-0.3, -0.25) is 9.59 Å². The van der Waals surface area contributed by atoms with E-state index in [4.69, 9.17) is 27.6 Å². The Hall–Kier alpha value is -2.03. The minimum atomic E-state index is -3.51. The number of rotatable bonds is 6. The van der Waals surface area contributed by atoms with E-state index in [9.17, 15) is 18.0 Å². The molecular weight excluding hydrogens is 391 g/mol. The highest BCUT2D eigenvalue weighted by Crippen LogP contribution is 2.22. The summed E-state index contributed by atoms with van der Waals surface area (Å²) in [5, 5.41) is 5.43. The highest BCUT2D eigenvalue weighted by atomic mass is 35.5. The number of amides is 2. The van der Waals surface area contributed by atoms with Gasteiger partial charge in [0.05, 0.1) is 10.0 Å². The van der Waals surface area contributed by atoms with Crippen molar-refractivity contribution in [3.05, 3.63) is 51.7 Å². The Morgan fingerprint density at radius 3 is 2.20 bits per heavy atom. The minimum absolute atomic E-state index is 0.126. The number of hydrogen-bond donors (Lipinski definition) is 2. The summed E-state index contributed by atoms with van der Waals surface area (Å²) in [4.78, 5) is 23.8. The van der Waals surface area contributed by atoms with Crippen LogP contribution in [0.25, 0.3) is 0 Å². The molecule has 2 aromatic rings. The van der Waals surface area contributed by atoms with Gasteiger partial charge in [-0.2, -0.15) is 0 Å². The number of furan rings is 1. The van der Waals surface area contributed by atoms with Crippen molar-refractivity contribution in [2.75, 3.05) is 19.3 Å². The third-order valence-electron chi connectivity index (χ3n) is 3.05. The molecule has 0 fully saturated rings. The number of benzene rings is 1. The maximum atomic E-state index is 11.9. The fraction of sp³-hybridized carbons (Fsp3) is 0.200. The Kier molecular flexibility index (Phi) is 6.10. The van der Waals surface area contributed by atoms with Crippen LogP contribution in [0.1, 0.15) is 20.9 Å². The van der Waals surface area contributed by atoms with Gasteiger partial charge in [0.25, 0.3) is 11.8 Å². The molecule has 10 heteroatoms. The first-order valence-corrected chi connectivity index (χ1v) is 9.64. The molecule has 0 aliphatic carbocycles. The Morgan fingerprint density at radius 2 is 1.64 bits per heavy atom. The van der Waals surface area contributed by atoms with Crippen LogP contribution < -0.4 is 10.6 Å². The molecule has 1 aromatic heterocycles. The molecule has 2 amide bonds. The van der Waals surface area contributed by atoms with Gasteiger partial charge >= 0.3 is 0 Å². The molecule has 7 nitrogen and oxygen atoms in total. The van der Waals surface area contributed by atoms with Crippen molar-refractivity contribution in [1.29, 1.82) is 0 Å². The van der Waals surface area contributed by atoms with Crippen LogP contribution in [0.3, 0.4) is 0 Å². The Morgan fingerprint density at radius 1 is 1.00 bits per heavy atom. The van der Waals surface area contributed by atoms with Crippen LogP contribution in [0.2, 0.25) is 10.0 Å². The van der Waals surface area contributed by atoms with Crippen LogP contribution in [0.4, 0.5) is 0 Å². The number of nitrogens with one attached hydrogen (secondary N) is 2. The van der Waals surface area contributed by atoms with Crippen molar-refractivity contribution in [1.82, 2.24) is 10.6 Å². The maximum absolute atomic E-state index is 11.9. The third kappa shape index (κ3) is 5.22. The van der Waals surface area contributed by atoms with Gasteiger partial charge < -0.3 is 15.1 Å². The molecule has 0 spiro atoms. The molecule has 0 aliphatic rings. The predicted molar refractivity (Wildman–Crippen MR) is 92.9 cm³/mol. The summed E-state index contributed by atoms with van der Waals surface area (Å²) in [6.45, 7) is 0.283. The number of halogens is 2. The zero-order valence-electron chi connectivity index (χ0n) is 13.0. The summed E-state index contributed by atoms with van der Waals surface area (Å²) in [7, 11) is -3.51. The fourth-order valence-corrected chi connectivity index (χ4v) is 2.67. The molecule has 1 heterocycles. The lowest BCUT2D eigenvalue weighted by Crippen LogP contribution is -2.34. The molecule has 0 atom stereocenters. The highest BCUT2D eigenvalue weighted by molar-refractivity contribution is 7.90. The van der Waals surface area contributed by atoms with Crippen LogP contribution in [0, 0.1) is 0 Å². The van der Waals surface area contributed by atoms with Gasteiger partial charge in [-0.25, -0.2) is 8.42 Å². The van der Waals surface area contributed by atoms with Crippen molar-refractivity contribution in [3.63, 3.8) is 0 Å². The zero-order chi connectivity index (χ0) is 18.6. The summed E-state index contributed by atoms with van der Waals surface area (Å²) in [6, 6.07) is 6.94. The first kappa shape index (κ1) is 19.3. The molecule has 0 unspecified atom stereocenters. The summed E-state index contributed by atoms with van der Waals surface area (Å²) >= 11 is 11.6. The molecule has 1 aromatic carbocycles. The molecule has 0 saturated heterocycles. The van der Waals surface area contributed by atoms with E-state index in [1.54, 1.807) is 0 Å². The van der Waals surface area contributed by atoms with Gasteiger partial charge in [-0.1, -0.05) is 23.2 Å². The Labute approximate surface area is 154 Å². The SMILES string of the molecule is CS(=O)(=O)c1ccc(C(=O)NCCNC(=O)c2ccc(Cl)c(Cl)c2)o1. The topological polar surface area (TPSA) is 105 Å². The van der Waals surface area contributed by atoms with Crippen molar-refractivity contribution in [3.8, 4) is 0 Å². The van der Waals surface area contributed by atoms with Gasteiger partial charge in [0.2, 0.25) is 14.9 Å². The third-order valence-corrected chi connectivity index (χ3v) is 4.74. The standard InChI is InChI=1S/C15H14Cl2N2O5S/c1-25(22,23)13-5-4-12(24-13)15(21)19-7-6-18-14(20)9-2-3-10(16)11(17)8-9/h2-5,8H,6-7H2,1H3,(H,18,20)(H,19,21). The van der Waals surface area contributed by atoms with Crippen molar-refractivity contribution in [2.24, 2.45) is 0 Å². The van der Waals surface area contributed by atoms with E-state index in [-0.39, 0.29) is 34.9 Å². The maximum Gasteiger partial charge on any atom is 0.287 e. The summed E-state index contributed by atoms with van der Waals surface area (Å²) in [5.41, 5.74) is 0.338. The van der Waals surface area contributed by atoms with E-state index < -0.39 is 15.7 Å². The normalized spacial score (nSPS) is 11.2. The van der Waals surface area contributed by atoms with Crippen LogP contribution in [-0.2, 0) is 9.84 Å². The smallest absolute Gasteiger partial charge is 0.287 e. The van der Waals surface area contributed by atoms with E-state index in [1.165, 1.54) is 30.3 Å². The molecule has 0 saturated carbocycles. The summed E-state index contributed by atoms with van der Waals surface area (Å²) < 4.78 is 27.6. The van der Waals surface area contributed by atoms with Gasteiger partial charge in [0.15, 0.2) is 5.76 Å². The molecule has 2 rings (SSSR count).